The Labute approximate surface area is 198 Å². The highest BCUT2D eigenvalue weighted by atomic mass is 32.2. The second-order valence-corrected chi connectivity index (χ2v) is 9.77. The minimum Gasteiger partial charge on any atom is -0.422 e. The number of amides is 1. The lowest BCUT2D eigenvalue weighted by molar-refractivity contribution is 0.0730. The second kappa shape index (κ2) is 9.96. The average molecular weight is 486 g/mol. The molecule has 10 heteroatoms. The van der Waals surface area contributed by atoms with E-state index in [9.17, 15) is 18.0 Å². The van der Waals surface area contributed by atoms with Gasteiger partial charge in [0.2, 0.25) is 10.0 Å². The molecule has 1 aliphatic heterocycles. The Bertz CT molecular complexity index is 1340. The van der Waals surface area contributed by atoms with Crippen molar-refractivity contribution < 1.29 is 22.4 Å². The van der Waals surface area contributed by atoms with Gasteiger partial charge in [-0.05, 0) is 56.3 Å². The molecular weight excluding hydrogens is 458 g/mol. The number of carbonyl (C=O) groups excluding carboxylic acids is 1. The van der Waals surface area contributed by atoms with E-state index < -0.39 is 21.6 Å². The first-order valence-electron chi connectivity index (χ1n) is 11.2. The smallest absolute Gasteiger partial charge is 0.349 e. The topological polar surface area (TPSA) is 109 Å². The lowest BCUT2D eigenvalue weighted by atomic mass is 10.1. The number of carbonyl (C=O) groups is 1. The van der Waals surface area contributed by atoms with Crippen molar-refractivity contribution in [3.63, 3.8) is 0 Å². The summed E-state index contributed by atoms with van der Waals surface area (Å²) in [4.78, 5) is 27.5. The average Bonchev–Trinajstić information content (AvgIpc) is 2.85. The molecular formula is C24H27N3O6S. The minimum atomic E-state index is -3.63. The Balaban J connectivity index is 1.53. The zero-order chi connectivity index (χ0) is 24.3. The van der Waals surface area contributed by atoms with Crippen LogP contribution in [0.15, 0.2) is 62.6 Å². The number of nitrogens with one attached hydrogen (secondary N) is 1. The van der Waals surface area contributed by atoms with Gasteiger partial charge in [0.05, 0.1) is 18.1 Å². The van der Waals surface area contributed by atoms with Crippen LogP contribution in [0.1, 0.15) is 24.2 Å². The van der Waals surface area contributed by atoms with Crippen LogP contribution < -0.4 is 15.8 Å². The predicted octanol–water partition coefficient (Wildman–Crippen LogP) is 2.91. The molecule has 4 rings (SSSR count). The van der Waals surface area contributed by atoms with E-state index in [1.165, 1.54) is 34.6 Å². The van der Waals surface area contributed by atoms with E-state index in [0.29, 0.717) is 43.0 Å². The molecule has 0 spiro atoms. The summed E-state index contributed by atoms with van der Waals surface area (Å²) < 4.78 is 37.5. The van der Waals surface area contributed by atoms with Crippen molar-refractivity contribution >= 4 is 38.3 Å². The van der Waals surface area contributed by atoms with Crippen LogP contribution in [-0.4, -0.2) is 58.0 Å². The highest BCUT2D eigenvalue weighted by Gasteiger charge is 2.26. The van der Waals surface area contributed by atoms with Crippen molar-refractivity contribution in [3.8, 4) is 0 Å². The van der Waals surface area contributed by atoms with E-state index in [1.807, 2.05) is 26.0 Å². The van der Waals surface area contributed by atoms with Gasteiger partial charge in [0.1, 0.15) is 11.1 Å². The predicted molar refractivity (Wildman–Crippen MR) is 130 cm³/mol. The quantitative estimate of drug-likeness (QED) is 0.513. The third-order valence-corrected chi connectivity index (χ3v) is 7.73. The lowest BCUT2D eigenvalue weighted by Crippen LogP contribution is -2.40. The maximum absolute atomic E-state index is 12.8. The Morgan fingerprint density at radius 2 is 1.71 bits per heavy atom. The highest BCUT2D eigenvalue weighted by molar-refractivity contribution is 7.89. The van der Waals surface area contributed by atoms with Crippen LogP contribution >= 0.6 is 0 Å². The first-order chi connectivity index (χ1) is 16.3. The van der Waals surface area contributed by atoms with E-state index in [-0.39, 0.29) is 10.5 Å². The number of fused-ring (bicyclic) bond motifs is 1. The summed E-state index contributed by atoms with van der Waals surface area (Å²) in [5.74, 6) is -0.632. The number of anilines is 2. The lowest BCUT2D eigenvalue weighted by Gasteiger charge is -2.26. The summed E-state index contributed by atoms with van der Waals surface area (Å²) in [6, 6.07) is 12.9. The molecule has 1 amide bonds. The van der Waals surface area contributed by atoms with Crippen molar-refractivity contribution in [2.75, 3.05) is 49.6 Å². The van der Waals surface area contributed by atoms with E-state index >= 15 is 0 Å². The van der Waals surface area contributed by atoms with E-state index in [0.717, 1.165) is 18.8 Å². The van der Waals surface area contributed by atoms with Crippen LogP contribution in [-0.2, 0) is 14.8 Å². The third-order valence-electron chi connectivity index (χ3n) is 5.81. The molecule has 1 fully saturated rings. The van der Waals surface area contributed by atoms with Gasteiger partial charge < -0.3 is 19.4 Å². The first kappa shape index (κ1) is 23.9. The van der Waals surface area contributed by atoms with Gasteiger partial charge in [-0.25, -0.2) is 13.2 Å². The number of morpholine rings is 1. The van der Waals surface area contributed by atoms with Gasteiger partial charge in [-0.3, -0.25) is 4.79 Å². The first-order valence-corrected chi connectivity index (χ1v) is 12.6. The fourth-order valence-electron chi connectivity index (χ4n) is 3.89. The molecule has 3 aromatic rings. The summed E-state index contributed by atoms with van der Waals surface area (Å²) in [5.41, 5.74) is 0.831. The number of hydrogen-bond donors (Lipinski definition) is 1. The van der Waals surface area contributed by atoms with Crippen LogP contribution in [0, 0.1) is 0 Å². The molecule has 0 bridgehead atoms. The van der Waals surface area contributed by atoms with Crippen molar-refractivity contribution in [2.45, 2.75) is 18.7 Å². The van der Waals surface area contributed by atoms with E-state index in [1.54, 1.807) is 6.07 Å². The molecule has 1 N–H and O–H groups in total. The number of hydrogen-bond acceptors (Lipinski definition) is 7. The van der Waals surface area contributed by atoms with Gasteiger partial charge in [-0.15, -0.1) is 0 Å². The summed E-state index contributed by atoms with van der Waals surface area (Å²) in [5, 5.41) is 3.27. The van der Waals surface area contributed by atoms with Gasteiger partial charge >= 0.3 is 5.63 Å². The molecule has 0 aliphatic carbocycles. The Hall–Kier alpha value is -3.21. The minimum absolute atomic E-state index is 0.127. The van der Waals surface area contributed by atoms with Crippen molar-refractivity contribution in [1.82, 2.24) is 4.31 Å². The molecule has 0 atom stereocenters. The Morgan fingerprint density at radius 1 is 1.03 bits per heavy atom. The van der Waals surface area contributed by atoms with Gasteiger partial charge in [-0.2, -0.15) is 4.31 Å². The molecule has 0 radical (unpaired) electrons. The summed E-state index contributed by atoms with van der Waals surface area (Å²) in [7, 11) is -3.63. The van der Waals surface area contributed by atoms with Crippen LogP contribution in [0.3, 0.4) is 0 Å². The molecule has 0 saturated carbocycles. The standard InChI is InChI=1S/C24H27N3O6S/c1-3-26(4-2)19-8-5-17-15-21(24(29)33-22(17)16-19)23(28)25-18-6-9-20(10-7-18)34(30,31)27-11-13-32-14-12-27/h5-10,15-16H,3-4,11-14H2,1-2H3,(H,25,28). The second-order valence-electron chi connectivity index (χ2n) is 7.84. The third kappa shape index (κ3) is 4.84. The Kier molecular flexibility index (Phi) is 7.01. The molecule has 1 saturated heterocycles. The van der Waals surface area contributed by atoms with Crippen LogP contribution in [0.5, 0.6) is 0 Å². The Morgan fingerprint density at radius 3 is 2.35 bits per heavy atom. The molecule has 2 aromatic carbocycles. The van der Waals surface area contributed by atoms with Crippen molar-refractivity contribution in [3.05, 3.63) is 64.5 Å². The van der Waals surface area contributed by atoms with E-state index in [4.69, 9.17) is 9.15 Å². The van der Waals surface area contributed by atoms with Crippen molar-refractivity contribution in [2.24, 2.45) is 0 Å². The monoisotopic (exact) mass is 485 g/mol. The van der Waals surface area contributed by atoms with Crippen molar-refractivity contribution in [1.29, 1.82) is 0 Å². The van der Waals surface area contributed by atoms with Gasteiger partial charge in [0, 0.05) is 49.0 Å². The molecule has 0 unspecified atom stereocenters. The SMILES string of the molecule is CCN(CC)c1ccc2cc(C(=O)Nc3ccc(S(=O)(=O)N4CCOCC4)cc3)c(=O)oc2c1. The van der Waals surface area contributed by atoms with Gasteiger partial charge in [0.25, 0.3) is 5.91 Å². The number of ether oxygens (including phenoxy) is 1. The maximum Gasteiger partial charge on any atom is 0.349 e. The highest BCUT2D eigenvalue weighted by Crippen LogP contribution is 2.23. The molecule has 1 aromatic heterocycles. The molecule has 180 valence electrons. The van der Waals surface area contributed by atoms with Gasteiger partial charge in [0.15, 0.2) is 0 Å². The number of nitrogens with zero attached hydrogens (tertiary/aromatic N) is 2. The largest absolute Gasteiger partial charge is 0.422 e. The summed E-state index contributed by atoms with van der Waals surface area (Å²) in [6.45, 7) is 7.04. The summed E-state index contributed by atoms with van der Waals surface area (Å²) >= 11 is 0. The number of sulfonamides is 1. The fourth-order valence-corrected chi connectivity index (χ4v) is 5.30. The van der Waals surface area contributed by atoms with Crippen LogP contribution in [0.4, 0.5) is 11.4 Å². The number of rotatable bonds is 7. The maximum atomic E-state index is 12.8. The summed E-state index contributed by atoms with van der Waals surface area (Å²) in [6.07, 6.45) is 0. The van der Waals surface area contributed by atoms with Gasteiger partial charge in [-0.1, -0.05) is 0 Å². The van der Waals surface area contributed by atoms with Crippen LogP contribution in [0.25, 0.3) is 11.0 Å². The molecule has 34 heavy (non-hydrogen) atoms. The zero-order valence-corrected chi connectivity index (χ0v) is 19.9. The molecule has 2 heterocycles. The number of benzene rings is 2. The fraction of sp³-hybridized carbons (Fsp3) is 0.333. The molecule has 9 nitrogen and oxygen atoms in total. The van der Waals surface area contributed by atoms with Crippen LogP contribution in [0.2, 0.25) is 0 Å². The normalized spacial score (nSPS) is 14.8. The van der Waals surface area contributed by atoms with E-state index in [2.05, 4.69) is 10.2 Å². The zero-order valence-electron chi connectivity index (χ0n) is 19.1. The molecule has 1 aliphatic rings.